The van der Waals surface area contributed by atoms with E-state index in [9.17, 15) is 4.79 Å². The van der Waals surface area contributed by atoms with E-state index in [0.29, 0.717) is 0 Å². The first-order valence-corrected chi connectivity index (χ1v) is 4.10. The molecule has 0 aromatic carbocycles. The van der Waals surface area contributed by atoms with Crippen molar-refractivity contribution in [1.82, 2.24) is 9.97 Å². The van der Waals surface area contributed by atoms with Crippen LogP contribution in [0.5, 0.6) is 0 Å². The monoisotopic (exact) mass is 188 g/mol. The molecule has 2 rings (SSSR count). The minimum absolute atomic E-state index is 0.777. The number of H-pyrrole nitrogens is 1. The van der Waals surface area contributed by atoms with Crippen molar-refractivity contribution in [3.63, 3.8) is 0 Å². The van der Waals surface area contributed by atoms with Gasteiger partial charge >= 0.3 is 5.97 Å². The standard InChI is InChI=1S/C10H8N2O2/c13-9(14)2-1-7-5-8-3-4-11-10(8)12-6-7/h1-6H,(H,11,12)(H,13,14)/b2-1+. The van der Waals surface area contributed by atoms with Crippen LogP contribution >= 0.6 is 0 Å². The summed E-state index contributed by atoms with van der Waals surface area (Å²) < 4.78 is 0. The lowest BCUT2D eigenvalue weighted by atomic mass is 10.2. The van der Waals surface area contributed by atoms with Gasteiger partial charge in [0, 0.05) is 23.9 Å². The van der Waals surface area contributed by atoms with Gasteiger partial charge < -0.3 is 10.1 Å². The van der Waals surface area contributed by atoms with Gasteiger partial charge in [0.25, 0.3) is 0 Å². The molecule has 2 N–H and O–H groups in total. The van der Waals surface area contributed by atoms with Gasteiger partial charge in [-0.1, -0.05) is 0 Å². The zero-order valence-corrected chi connectivity index (χ0v) is 7.27. The minimum Gasteiger partial charge on any atom is -0.478 e. The Balaban J connectivity index is 2.39. The number of carboxylic acids is 1. The lowest BCUT2D eigenvalue weighted by Gasteiger charge is -1.92. The third-order valence-corrected chi connectivity index (χ3v) is 1.84. The summed E-state index contributed by atoms with van der Waals surface area (Å²) >= 11 is 0. The van der Waals surface area contributed by atoms with E-state index >= 15 is 0 Å². The van der Waals surface area contributed by atoms with Gasteiger partial charge in [-0.15, -0.1) is 0 Å². The largest absolute Gasteiger partial charge is 0.478 e. The van der Waals surface area contributed by atoms with Gasteiger partial charge in [-0.25, -0.2) is 9.78 Å². The molecule has 0 saturated carbocycles. The van der Waals surface area contributed by atoms with Gasteiger partial charge in [-0.05, 0) is 23.8 Å². The molecule has 70 valence electrons. The molecule has 0 bridgehead atoms. The fourth-order valence-electron chi connectivity index (χ4n) is 1.22. The molecular weight excluding hydrogens is 180 g/mol. The number of pyridine rings is 1. The summed E-state index contributed by atoms with van der Waals surface area (Å²) in [5.41, 5.74) is 1.58. The molecule has 0 unspecified atom stereocenters. The first-order valence-electron chi connectivity index (χ1n) is 4.10. The second kappa shape index (κ2) is 3.33. The molecule has 0 fully saturated rings. The molecule has 2 aromatic rings. The zero-order chi connectivity index (χ0) is 9.97. The van der Waals surface area contributed by atoms with E-state index in [2.05, 4.69) is 9.97 Å². The number of fused-ring (bicyclic) bond motifs is 1. The van der Waals surface area contributed by atoms with Crippen molar-refractivity contribution in [3.05, 3.63) is 36.2 Å². The van der Waals surface area contributed by atoms with Crippen LogP contribution in [0, 0.1) is 0 Å². The lowest BCUT2D eigenvalue weighted by Crippen LogP contribution is -1.86. The van der Waals surface area contributed by atoms with Gasteiger partial charge in [-0.3, -0.25) is 0 Å². The molecule has 0 atom stereocenters. The SMILES string of the molecule is O=C(O)/C=C/c1cnc2[nH]ccc2c1. The molecule has 0 saturated heterocycles. The second-order valence-electron chi connectivity index (χ2n) is 2.86. The Morgan fingerprint density at radius 1 is 1.57 bits per heavy atom. The number of hydrogen-bond donors (Lipinski definition) is 2. The fourth-order valence-corrected chi connectivity index (χ4v) is 1.22. The maximum Gasteiger partial charge on any atom is 0.328 e. The maximum atomic E-state index is 10.3. The van der Waals surface area contributed by atoms with Crippen molar-refractivity contribution in [2.45, 2.75) is 0 Å². The summed E-state index contributed by atoms with van der Waals surface area (Å²) in [6, 6.07) is 3.76. The van der Waals surface area contributed by atoms with Crippen LogP contribution in [0.2, 0.25) is 0 Å². The molecule has 2 heterocycles. The average Bonchev–Trinajstić information content (AvgIpc) is 2.61. The number of aromatic amines is 1. The third kappa shape index (κ3) is 1.64. The Labute approximate surface area is 79.9 Å². The van der Waals surface area contributed by atoms with E-state index in [-0.39, 0.29) is 0 Å². The van der Waals surface area contributed by atoms with Crippen LogP contribution in [0.1, 0.15) is 5.56 Å². The molecule has 4 heteroatoms. The Bertz CT molecular complexity index is 500. The third-order valence-electron chi connectivity index (χ3n) is 1.84. The molecule has 0 radical (unpaired) electrons. The molecule has 14 heavy (non-hydrogen) atoms. The van der Waals surface area contributed by atoms with Crippen LogP contribution in [0.4, 0.5) is 0 Å². The van der Waals surface area contributed by atoms with Crippen LogP contribution < -0.4 is 0 Å². The number of aromatic nitrogens is 2. The average molecular weight is 188 g/mol. The normalized spacial score (nSPS) is 11.1. The van der Waals surface area contributed by atoms with E-state index in [0.717, 1.165) is 22.7 Å². The van der Waals surface area contributed by atoms with Crippen LogP contribution in [0.3, 0.4) is 0 Å². The molecular formula is C10H8N2O2. The predicted octanol–water partition coefficient (Wildman–Crippen LogP) is 1.66. The minimum atomic E-state index is -0.959. The van der Waals surface area contributed by atoms with E-state index in [1.807, 2.05) is 12.1 Å². The van der Waals surface area contributed by atoms with Crippen molar-refractivity contribution in [2.24, 2.45) is 0 Å². The van der Waals surface area contributed by atoms with Gasteiger partial charge in [-0.2, -0.15) is 0 Å². The Kier molecular flexibility index (Phi) is 2.02. The summed E-state index contributed by atoms with van der Waals surface area (Å²) in [5.74, 6) is -0.959. The highest BCUT2D eigenvalue weighted by atomic mass is 16.4. The van der Waals surface area contributed by atoms with Crippen LogP contribution in [-0.4, -0.2) is 21.0 Å². The van der Waals surface area contributed by atoms with Gasteiger partial charge in [0.15, 0.2) is 0 Å². The smallest absolute Gasteiger partial charge is 0.328 e. The number of carboxylic acid groups (broad SMARTS) is 1. The van der Waals surface area contributed by atoms with Crippen molar-refractivity contribution in [1.29, 1.82) is 0 Å². The van der Waals surface area contributed by atoms with Crippen molar-refractivity contribution >= 4 is 23.1 Å². The number of rotatable bonds is 2. The number of nitrogens with zero attached hydrogens (tertiary/aromatic N) is 1. The summed E-state index contributed by atoms with van der Waals surface area (Å²) in [6.45, 7) is 0. The first kappa shape index (κ1) is 8.50. The summed E-state index contributed by atoms with van der Waals surface area (Å²) in [7, 11) is 0. The van der Waals surface area contributed by atoms with Crippen LogP contribution in [-0.2, 0) is 4.79 Å². The molecule has 2 aromatic heterocycles. The van der Waals surface area contributed by atoms with Crippen LogP contribution in [0.25, 0.3) is 17.1 Å². The van der Waals surface area contributed by atoms with E-state index < -0.39 is 5.97 Å². The molecule has 0 aliphatic rings. The fraction of sp³-hybridized carbons (Fsp3) is 0. The van der Waals surface area contributed by atoms with Gasteiger partial charge in [0.2, 0.25) is 0 Å². The van der Waals surface area contributed by atoms with Gasteiger partial charge in [0.1, 0.15) is 5.65 Å². The number of aliphatic carboxylic acids is 1. The molecule has 4 nitrogen and oxygen atoms in total. The van der Waals surface area contributed by atoms with Crippen molar-refractivity contribution < 1.29 is 9.90 Å². The zero-order valence-electron chi connectivity index (χ0n) is 7.27. The highest BCUT2D eigenvalue weighted by molar-refractivity contribution is 5.86. The summed E-state index contributed by atoms with van der Waals surface area (Å²) in [6.07, 6.45) is 6.03. The van der Waals surface area contributed by atoms with Crippen LogP contribution in [0.15, 0.2) is 30.6 Å². The quantitative estimate of drug-likeness (QED) is 0.704. The highest BCUT2D eigenvalue weighted by Gasteiger charge is 1.96. The van der Waals surface area contributed by atoms with Crippen molar-refractivity contribution in [2.75, 3.05) is 0 Å². The molecule has 0 amide bonds. The summed E-state index contributed by atoms with van der Waals surface area (Å²) in [4.78, 5) is 17.4. The Hall–Kier alpha value is -2.10. The molecule has 0 spiro atoms. The Morgan fingerprint density at radius 3 is 3.21 bits per heavy atom. The topological polar surface area (TPSA) is 66.0 Å². The number of carbonyl (C=O) groups is 1. The van der Waals surface area contributed by atoms with E-state index in [4.69, 9.17) is 5.11 Å². The van der Waals surface area contributed by atoms with Gasteiger partial charge in [0.05, 0.1) is 0 Å². The van der Waals surface area contributed by atoms with E-state index in [1.54, 1.807) is 12.4 Å². The number of nitrogens with one attached hydrogen (secondary N) is 1. The van der Waals surface area contributed by atoms with Crippen molar-refractivity contribution in [3.8, 4) is 0 Å². The number of hydrogen-bond acceptors (Lipinski definition) is 2. The highest BCUT2D eigenvalue weighted by Crippen LogP contribution is 2.11. The predicted molar refractivity (Wildman–Crippen MR) is 52.8 cm³/mol. The lowest BCUT2D eigenvalue weighted by molar-refractivity contribution is -0.131. The second-order valence-corrected chi connectivity index (χ2v) is 2.86. The Morgan fingerprint density at radius 2 is 2.43 bits per heavy atom. The first-order chi connectivity index (χ1) is 6.75. The summed E-state index contributed by atoms with van der Waals surface area (Å²) in [5, 5.41) is 9.40. The molecule has 0 aliphatic heterocycles. The van der Waals surface area contributed by atoms with E-state index in [1.165, 1.54) is 6.08 Å². The molecule has 0 aliphatic carbocycles. The maximum absolute atomic E-state index is 10.3.